The number of hydrogen-bond donors (Lipinski definition) is 3. The fraction of sp³-hybridized carbons (Fsp3) is 0.632. The molecule has 6 heteroatoms. The van der Waals surface area contributed by atoms with E-state index in [-0.39, 0.29) is 36.5 Å². The van der Waals surface area contributed by atoms with Crippen molar-refractivity contribution in [2.75, 3.05) is 39.5 Å². The molecule has 1 atom stereocenters. The molecular weight excluding hydrogens is 429 g/mol. The van der Waals surface area contributed by atoms with Gasteiger partial charge in [0.1, 0.15) is 0 Å². The van der Waals surface area contributed by atoms with Gasteiger partial charge in [0, 0.05) is 25.6 Å². The van der Waals surface area contributed by atoms with Crippen LogP contribution in [0.5, 0.6) is 0 Å². The van der Waals surface area contributed by atoms with Crippen LogP contribution >= 0.6 is 24.0 Å². The second-order valence-corrected chi connectivity index (χ2v) is 6.23. The van der Waals surface area contributed by atoms with Crippen LogP contribution in [0, 0.1) is 5.92 Å². The van der Waals surface area contributed by atoms with Gasteiger partial charge >= 0.3 is 0 Å². The lowest BCUT2D eigenvalue weighted by atomic mass is 10.0. The molecule has 0 aliphatic carbocycles. The molecule has 0 aliphatic heterocycles. The van der Waals surface area contributed by atoms with Crippen molar-refractivity contribution in [1.29, 1.82) is 0 Å². The predicted octanol–water partition coefficient (Wildman–Crippen LogP) is 3.00. The van der Waals surface area contributed by atoms with E-state index in [1.54, 1.807) is 0 Å². The van der Waals surface area contributed by atoms with Crippen LogP contribution < -0.4 is 10.6 Å². The zero-order valence-electron chi connectivity index (χ0n) is 15.7. The Bertz CT molecular complexity index is 455. The maximum absolute atomic E-state index is 9.61. The number of halogens is 1. The summed E-state index contributed by atoms with van der Waals surface area (Å²) in [5.41, 5.74) is 1.11. The first kappa shape index (κ1) is 24.1. The molecular formula is C19H34IN3O2. The first-order chi connectivity index (χ1) is 11.7. The molecule has 1 aromatic carbocycles. The monoisotopic (exact) mass is 463 g/mol. The molecule has 0 saturated carbocycles. The molecule has 1 aromatic rings. The van der Waals surface area contributed by atoms with Crippen molar-refractivity contribution in [2.24, 2.45) is 10.9 Å². The summed E-state index contributed by atoms with van der Waals surface area (Å²) < 4.78 is 5.60. The van der Waals surface area contributed by atoms with Crippen molar-refractivity contribution in [2.45, 2.75) is 33.1 Å². The molecule has 0 fully saturated rings. The van der Waals surface area contributed by atoms with Gasteiger partial charge in [-0.25, -0.2) is 0 Å². The summed E-state index contributed by atoms with van der Waals surface area (Å²) in [5.74, 6) is 1.45. The molecule has 0 amide bonds. The van der Waals surface area contributed by atoms with Gasteiger partial charge in [0.2, 0.25) is 0 Å². The fourth-order valence-electron chi connectivity index (χ4n) is 2.20. The van der Waals surface area contributed by atoms with Gasteiger partial charge in [-0.2, -0.15) is 0 Å². The zero-order valence-corrected chi connectivity index (χ0v) is 18.0. The third-order valence-electron chi connectivity index (χ3n) is 3.68. The number of nitrogens with zero attached hydrogens (tertiary/aromatic N) is 1. The Morgan fingerprint density at radius 2 is 1.88 bits per heavy atom. The SMILES string of the molecule is CCNC(=NCC(CO)c1ccccc1)NCCOCCC(C)C.I. The summed E-state index contributed by atoms with van der Waals surface area (Å²) in [6.45, 7) is 10.1. The molecule has 144 valence electrons. The van der Waals surface area contributed by atoms with Crippen molar-refractivity contribution in [3.8, 4) is 0 Å². The zero-order chi connectivity index (χ0) is 17.6. The highest BCUT2D eigenvalue weighted by Crippen LogP contribution is 2.14. The topological polar surface area (TPSA) is 65.9 Å². The molecule has 0 saturated heterocycles. The van der Waals surface area contributed by atoms with Gasteiger partial charge in [-0.3, -0.25) is 4.99 Å². The van der Waals surface area contributed by atoms with Gasteiger partial charge in [0.25, 0.3) is 0 Å². The predicted molar refractivity (Wildman–Crippen MR) is 116 cm³/mol. The van der Waals surface area contributed by atoms with Crippen LogP contribution in [-0.4, -0.2) is 50.5 Å². The largest absolute Gasteiger partial charge is 0.396 e. The van der Waals surface area contributed by atoms with E-state index in [0.717, 1.165) is 37.6 Å². The van der Waals surface area contributed by atoms with Gasteiger partial charge in [-0.05, 0) is 24.8 Å². The fourth-order valence-corrected chi connectivity index (χ4v) is 2.20. The van der Waals surface area contributed by atoms with Crippen LogP contribution in [0.1, 0.15) is 38.7 Å². The third-order valence-corrected chi connectivity index (χ3v) is 3.68. The van der Waals surface area contributed by atoms with Crippen molar-refractivity contribution in [3.63, 3.8) is 0 Å². The minimum atomic E-state index is 0. The van der Waals surface area contributed by atoms with E-state index in [1.165, 1.54) is 0 Å². The number of rotatable bonds is 11. The molecule has 25 heavy (non-hydrogen) atoms. The second kappa shape index (κ2) is 15.4. The van der Waals surface area contributed by atoms with Gasteiger partial charge in [-0.15, -0.1) is 24.0 Å². The van der Waals surface area contributed by atoms with Gasteiger partial charge in [0.05, 0.1) is 19.8 Å². The van der Waals surface area contributed by atoms with E-state index in [0.29, 0.717) is 19.1 Å². The van der Waals surface area contributed by atoms with Crippen LogP contribution in [0.2, 0.25) is 0 Å². The Kier molecular flexibility index (Phi) is 14.9. The highest BCUT2D eigenvalue weighted by atomic mass is 127. The normalized spacial score (nSPS) is 12.6. The van der Waals surface area contributed by atoms with E-state index in [9.17, 15) is 5.11 Å². The molecule has 0 aliphatic rings. The minimum absolute atomic E-state index is 0. The first-order valence-corrected chi connectivity index (χ1v) is 8.93. The average molecular weight is 463 g/mol. The Morgan fingerprint density at radius 3 is 2.48 bits per heavy atom. The third kappa shape index (κ3) is 11.4. The maximum atomic E-state index is 9.61. The molecule has 5 nitrogen and oxygen atoms in total. The minimum Gasteiger partial charge on any atom is -0.396 e. The van der Waals surface area contributed by atoms with Gasteiger partial charge < -0.3 is 20.5 Å². The number of nitrogens with one attached hydrogen (secondary N) is 2. The Hall–Kier alpha value is -0.860. The van der Waals surface area contributed by atoms with Crippen LogP contribution in [0.3, 0.4) is 0 Å². The molecule has 1 unspecified atom stereocenters. The summed E-state index contributed by atoms with van der Waals surface area (Å²) in [4.78, 5) is 4.59. The van der Waals surface area contributed by atoms with Crippen LogP contribution in [-0.2, 0) is 4.74 Å². The maximum Gasteiger partial charge on any atom is 0.191 e. The molecule has 0 spiro atoms. The molecule has 0 aromatic heterocycles. The number of ether oxygens (including phenoxy) is 1. The van der Waals surface area contributed by atoms with Crippen molar-refractivity contribution in [1.82, 2.24) is 10.6 Å². The van der Waals surface area contributed by atoms with E-state index in [2.05, 4.69) is 29.5 Å². The lowest BCUT2D eigenvalue weighted by Crippen LogP contribution is -2.39. The quantitative estimate of drug-likeness (QED) is 0.204. The van der Waals surface area contributed by atoms with E-state index in [4.69, 9.17) is 4.74 Å². The molecule has 0 heterocycles. The first-order valence-electron chi connectivity index (χ1n) is 8.93. The molecule has 1 rings (SSSR count). The van der Waals surface area contributed by atoms with E-state index >= 15 is 0 Å². The molecule has 0 bridgehead atoms. The van der Waals surface area contributed by atoms with E-state index in [1.807, 2.05) is 37.3 Å². The lowest BCUT2D eigenvalue weighted by molar-refractivity contribution is 0.128. The summed E-state index contributed by atoms with van der Waals surface area (Å²) in [5, 5.41) is 16.1. The van der Waals surface area contributed by atoms with Crippen LogP contribution in [0.25, 0.3) is 0 Å². The second-order valence-electron chi connectivity index (χ2n) is 6.23. The lowest BCUT2D eigenvalue weighted by Gasteiger charge is -2.15. The highest BCUT2D eigenvalue weighted by Gasteiger charge is 2.09. The molecule has 3 N–H and O–H groups in total. The van der Waals surface area contributed by atoms with Crippen LogP contribution in [0.4, 0.5) is 0 Å². The standard InChI is InChI=1S/C19H33N3O2.HI/c1-4-20-19(21-11-13-24-12-10-16(2)3)22-14-18(15-23)17-8-6-5-7-9-17;/h5-9,16,18,23H,4,10-15H2,1-3H3,(H2,20,21,22);1H. The number of guanidine groups is 1. The summed E-state index contributed by atoms with van der Waals surface area (Å²) in [6, 6.07) is 10.0. The number of benzene rings is 1. The number of aliphatic hydroxyl groups excluding tert-OH is 1. The Balaban J connectivity index is 0.00000576. The Labute approximate surface area is 169 Å². The average Bonchev–Trinajstić information content (AvgIpc) is 2.59. The van der Waals surface area contributed by atoms with Gasteiger partial charge in [-0.1, -0.05) is 44.2 Å². The molecule has 0 radical (unpaired) electrons. The van der Waals surface area contributed by atoms with Crippen LogP contribution in [0.15, 0.2) is 35.3 Å². The van der Waals surface area contributed by atoms with E-state index < -0.39 is 0 Å². The van der Waals surface area contributed by atoms with Crippen molar-refractivity contribution < 1.29 is 9.84 Å². The summed E-state index contributed by atoms with van der Waals surface area (Å²) in [7, 11) is 0. The van der Waals surface area contributed by atoms with Crippen molar-refractivity contribution >= 4 is 29.9 Å². The highest BCUT2D eigenvalue weighted by molar-refractivity contribution is 14.0. The Morgan fingerprint density at radius 1 is 1.16 bits per heavy atom. The summed E-state index contributed by atoms with van der Waals surface area (Å²) >= 11 is 0. The summed E-state index contributed by atoms with van der Waals surface area (Å²) in [6.07, 6.45) is 1.09. The number of aliphatic hydroxyl groups is 1. The number of hydrogen-bond acceptors (Lipinski definition) is 3. The van der Waals surface area contributed by atoms with Gasteiger partial charge in [0.15, 0.2) is 5.96 Å². The number of aliphatic imine (C=N–C) groups is 1. The smallest absolute Gasteiger partial charge is 0.191 e. The van der Waals surface area contributed by atoms with Crippen molar-refractivity contribution in [3.05, 3.63) is 35.9 Å².